The summed E-state index contributed by atoms with van der Waals surface area (Å²) in [6.07, 6.45) is 5.22. The molecule has 0 aliphatic rings. The van der Waals surface area contributed by atoms with Gasteiger partial charge >= 0.3 is 0 Å². The average molecular weight is 482 g/mol. The number of hydrogen-bond acceptors (Lipinski definition) is 7. The predicted octanol–water partition coefficient (Wildman–Crippen LogP) is 3.29. The minimum Gasteiger partial charge on any atom is -0.333 e. The van der Waals surface area contributed by atoms with Gasteiger partial charge in [0.1, 0.15) is 0 Å². The highest BCUT2D eigenvalue weighted by molar-refractivity contribution is 7.89. The lowest BCUT2D eigenvalue weighted by molar-refractivity contribution is 0.432. The fraction of sp³-hybridized carbons (Fsp3) is 0.0476. The molecule has 3 heterocycles. The van der Waals surface area contributed by atoms with Gasteiger partial charge in [-0.25, -0.2) is 18.2 Å². The van der Waals surface area contributed by atoms with E-state index in [-0.39, 0.29) is 10.8 Å². The predicted molar refractivity (Wildman–Crippen MR) is 121 cm³/mol. The summed E-state index contributed by atoms with van der Waals surface area (Å²) < 4.78 is 31.8. The fourth-order valence-corrected chi connectivity index (χ4v) is 4.00. The summed E-state index contributed by atoms with van der Waals surface area (Å²) in [6, 6.07) is 13.2. The lowest BCUT2D eigenvalue weighted by atomic mass is 10.1. The Kier molecular flexibility index (Phi) is 5.08. The summed E-state index contributed by atoms with van der Waals surface area (Å²) in [6.45, 7) is 0. The molecule has 33 heavy (non-hydrogen) atoms. The zero-order valence-electron chi connectivity index (χ0n) is 17.1. The van der Waals surface area contributed by atoms with E-state index in [2.05, 4.69) is 20.3 Å². The highest BCUT2D eigenvalue weighted by Crippen LogP contribution is 2.32. The Balaban J connectivity index is 1.48. The number of primary sulfonamides is 1. The van der Waals surface area contributed by atoms with Gasteiger partial charge in [0, 0.05) is 29.4 Å². The molecule has 3 aromatic heterocycles. The van der Waals surface area contributed by atoms with Crippen LogP contribution in [-0.4, -0.2) is 38.1 Å². The van der Waals surface area contributed by atoms with E-state index in [9.17, 15) is 8.42 Å². The molecule has 0 saturated carbocycles. The van der Waals surface area contributed by atoms with Gasteiger partial charge in [-0.2, -0.15) is 15.2 Å². The molecule has 0 aliphatic heterocycles. The summed E-state index contributed by atoms with van der Waals surface area (Å²) in [4.78, 5) is 4.47. The topological polar surface area (TPSA) is 135 Å². The first-order chi connectivity index (χ1) is 15.8. The van der Waals surface area contributed by atoms with E-state index >= 15 is 0 Å². The van der Waals surface area contributed by atoms with Crippen molar-refractivity contribution < 1.29 is 12.9 Å². The largest absolute Gasteiger partial charge is 0.333 e. The molecule has 0 aliphatic carbocycles. The molecule has 0 bridgehead atoms. The van der Waals surface area contributed by atoms with Crippen molar-refractivity contribution in [2.75, 3.05) is 0 Å². The smallest absolute Gasteiger partial charge is 0.262 e. The van der Waals surface area contributed by atoms with Crippen molar-refractivity contribution in [2.24, 2.45) is 12.2 Å². The molecular weight excluding hydrogens is 466 g/mol. The van der Waals surface area contributed by atoms with E-state index in [1.54, 1.807) is 46.0 Å². The molecule has 0 saturated heterocycles. The third-order valence-corrected chi connectivity index (χ3v) is 6.16. The molecule has 0 amide bonds. The first kappa shape index (κ1) is 21.1. The number of aryl methyl sites for hydroxylation is 1. The van der Waals surface area contributed by atoms with Crippen LogP contribution in [0.5, 0.6) is 0 Å². The second kappa shape index (κ2) is 7.96. The summed E-state index contributed by atoms with van der Waals surface area (Å²) in [5.41, 5.74) is 3.62. The van der Waals surface area contributed by atoms with Gasteiger partial charge in [-0.3, -0.25) is 4.68 Å². The van der Waals surface area contributed by atoms with Crippen molar-refractivity contribution in [3.8, 4) is 39.8 Å². The second-order valence-corrected chi connectivity index (χ2v) is 9.17. The normalized spacial score (nSPS) is 11.7. The van der Waals surface area contributed by atoms with Gasteiger partial charge in [0.2, 0.25) is 15.8 Å². The molecule has 5 rings (SSSR count). The molecular formula is C21H16ClN7O3S. The Morgan fingerprint density at radius 2 is 1.70 bits per heavy atom. The molecule has 0 atom stereocenters. The maximum atomic E-state index is 11.5. The van der Waals surface area contributed by atoms with Crippen molar-refractivity contribution in [3.05, 3.63) is 72.1 Å². The van der Waals surface area contributed by atoms with Crippen LogP contribution in [0.15, 0.2) is 76.5 Å². The lowest BCUT2D eigenvalue weighted by Gasteiger charge is -2.02. The van der Waals surface area contributed by atoms with Crippen molar-refractivity contribution in [1.29, 1.82) is 0 Å². The Morgan fingerprint density at radius 3 is 2.39 bits per heavy atom. The molecule has 10 nitrogen and oxygen atoms in total. The average Bonchev–Trinajstić information content (AvgIpc) is 3.53. The number of rotatable bonds is 5. The summed E-state index contributed by atoms with van der Waals surface area (Å²) in [5.74, 6) is 0.570. The SMILES string of the molecule is Cn1ncc(-c2nc(-c3ccc(S(N)(=O)=O)cc3)no2)c1-c1cnn(-c2ccc(Cl)cc2)c1. The quantitative estimate of drug-likeness (QED) is 0.407. The molecule has 0 radical (unpaired) electrons. The minimum atomic E-state index is -3.78. The van der Waals surface area contributed by atoms with Crippen LogP contribution in [0.25, 0.3) is 39.8 Å². The number of sulfonamides is 1. The zero-order valence-corrected chi connectivity index (χ0v) is 18.7. The van der Waals surface area contributed by atoms with Crippen molar-refractivity contribution in [1.82, 2.24) is 29.7 Å². The molecule has 0 spiro atoms. The highest BCUT2D eigenvalue weighted by Gasteiger charge is 2.20. The molecule has 0 fully saturated rings. The first-order valence-electron chi connectivity index (χ1n) is 9.60. The number of hydrogen-bond donors (Lipinski definition) is 1. The molecule has 5 aromatic rings. The standard InChI is InChI=1S/C21H16ClN7O3S/c1-28-19(14-10-25-29(12-14)16-6-4-15(22)5-7-16)18(11-24-28)21-26-20(27-32-21)13-2-8-17(9-3-13)33(23,30)31/h2-12H,1H3,(H2,23,30,31). The van der Waals surface area contributed by atoms with E-state index in [4.69, 9.17) is 21.3 Å². The van der Waals surface area contributed by atoms with Gasteiger partial charge in [-0.15, -0.1) is 0 Å². The van der Waals surface area contributed by atoms with Crippen LogP contribution in [0.1, 0.15) is 0 Å². The number of halogens is 1. The number of aromatic nitrogens is 6. The Hall–Kier alpha value is -3.80. The third-order valence-electron chi connectivity index (χ3n) is 4.98. The van der Waals surface area contributed by atoms with Gasteiger partial charge in [-0.05, 0) is 48.5 Å². The monoisotopic (exact) mass is 481 g/mol. The van der Waals surface area contributed by atoms with Gasteiger partial charge in [-0.1, -0.05) is 16.8 Å². The molecule has 166 valence electrons. The van der Waals surface area contributed by atoms with E-state index in [0.717, 1.165) is 16.9 Å². The Bertz CT molecular complexity index is 1550. The van der Waals surface area contributed by atoms with Gasteiger partial charge in [0.15, 0.2) is 0 Å². The Labute approximate surface area is 193 Å². The molecule has 2 N–H and O–H groups in total. The minimum absolute atomic E-state index is 0.00205. The second-order valence-electron chi connectivity index (χ2n) is 7.17. The summed E-state index contributed by atoms with van der Waals surface area (Å²) in [7, 11) is -1.98. The summed E-state index contributed by atoms with van der Waals surface area (Å²) in [5, 5.41) is 18.6. The Morgan fingerprint density at radius 1 is 0.970 bits per heavy atom. The molecule has 12 heteroatoms. The zero-order chi connectivity index (χ0) is 23.2. The van der Waals surface area contributed by atoms with Crippen LogP contribution in [0.3, 0.4) is 0 Å². The van der Waals surface area contributed by atoms with Crippen LogP contribution in [-0.2, 0) is 17.1 Å². The van der Waals surface area contributed by atoms with E-state index in [1.165, 1.54) is 12.1 Å². The van der Waals surface area contributed by atoms with Crippen LogP contribution in [0, 0.1) is 0 Å². The van der Waals surface area contributed by atoms with Crippen molar-refractivity contribution >= 4 is 21.6 Å². The van der Waals surface area contributed by atoms with Crippen LogP contribution < -0.4 is 5.14 Å². The third kappa shape index (κ3) is 4.04. The fourth-order valence-electron chi connectivity index (χ4n) is 3.36. The van der Waals surface area contributed by atoms with E-state index < -0.39 is 10.0 Å². The van der Waals surface area contributed by atoms with Gasteiger partial charge < -0.3 is 4.52 Å². The van der Waals surface area contributed by atoms with Crippen molar-refractivity contribution in [2.45, 2.75) is 4.90 Å². The maximum Gasteiger partial charge on any atom is 0.262 e. The lowest BCUT2D eigenvalue weighted by Crippen LogP contribution is -2.11. The van der Waals surface area contributed by atoms with E-state index in [0.29, 0.717) is 22.0 Å². The number of nitrogens with two attached hydrogens (primary N) is 1. The first-order valence-corrected chi connectivity index (χ1v) is 11.5. The number of nitrogens with zero attached hydrogens (tertiary/aromatic N) is 6. The van der Waals surface area contributed by atoms with E-state index in [1.807, 2.05) is 25.4 Å². The van der Waals surface area contributed by atoms with Crippen LogP contribution in [0.2, 0.25) is 5.02 Å². The summed E-state index contributed by atoms with van der Waals surface area (Å²) >= 11 is 5.97. The number of benzene rings is 2. The van der Waals surface area contributed by atoms with Crippen LogP contribution in [0.4, 0.5) is 0 Å². The molecule has 2 aromatic carbocycles. The maximum absolute atomic E-state index is 11.5. The van der Waals surface area contributed by atoms with Crippen LogP contribution >= 0.6 is 11.6 Å². The van der Waals surface area contributed by atoms with Crippen molar-refractivity contribution in [3.63, 3.8) is 0 Å². The highest BCUT2D eigenvalue weighted by atomic mass is 35.5. The molecule has 0 unspecified atom stereocenters. The van der Waals surface area contributed by atoms with Gasteiger partial charge in [0.25, 0.3) is 5.89 Å². The van der Waals surface area contributed by atoms with Gasteiger partial charge in [0.05, 0.1) is 34.2 Å².